The quantitative estimate of drug-likeness (QED) is 0.398. The number of benzene rings is 2. The smallest absolute Gasteiger partial charge is 0.341 e. The first-order chi connectivity index (χ1) is 13.0. The van der Waals surface area contributed by atoms with Gasteiger partial charge < -0.3 is 15.0 Å². The minimum absolute atomic E-state index is 0.101. The monoisotopic (exact) mass is 367 g/mol. The SMILES string of the molecule is CCC(Oc1ccc2c(=O)n(Cc3ccccc3)ccc2c1)N(O)C(N)=O. The molecule has 140 valence electrons. The van der Waals surface area contributed by atoms with Crippen LogP contribution >= 0.6 is 0 Å². The van der Waals surface area contributed by atoms with Crippen LogP contribution in [0.25, 0.3) is 10.8 Å². The molecule has 27 heavy (non-hydrogen) atoms. The van der Waals surface area contributed by atoms with E-state index >= 15 is 0 Å². The third kappa shape index (κ3) is 4.09. The molecule has 2 aromatic carbocycles. The fourth-order valence-electron chi connectivity index (χ4n) is 2.85. The van der Waals surface area contributed by atoms with Gasteiger partial charge in [-0.2, -0.15) is 5.06 Å². The fourth-order valence-corrected chi connectivity index (χ4v) is 2.85. The number of pyridine rings is 1. The minimum Gasteiger partial charge on any atom is -0.468 e. The maximum absolute atomic E-state index is 12.7. The summed E-state index contributed by atoms with van der Waals surface area (Å²) in [5.41, 5.74) is 6.01. The first-order valence-corrected chi connectivity index (χ1v) is 8.61. The van der Waals surface area contributed by atoms with Crippen LogP contribution in [0.5, 0.6) is 5.75 Å². The predicted molar refractivity (Wildman–Crippen MR) is 102 cm³/mol. The summed E-state index contributed by atoms with van der Waals surface area (Å²) < 4.78 is 7.28. The lowest BCUT2D eigenvalue weighted by Crippen LogP contribution is -2.43. The Balaban J connectivity index is 1.87. The first kappa shape index (κ1) is 18.5. The van der Waals surface area contributed by atoms with Crippen LogP contribution in [-0.2, 0) is 6.54 Å². The van der Waals surface area contributed by atoms with Gasteiger partial charge in [-0.15, -0.1) is 0 Å². The molecule has 0 radical (unpaired) electrons. The molecule has 3 N–H and O–H groups in total. The van der Waals surface area contributed by atoms with Gasteiger partial charge in [0.1, 0.15) is 5.75 Å². The Morgan fingerprint density at radius 2 is 1.96 bits per heavy atom. The third-order valence-corrected chi connectivity index (χ3v) is 4.26. The van der Waals surface area contributed by atoms with E-state index in [2.05, 4.69) is 0 Å². The van der Waals surface area contributed by atoms with Crippen LogP contribution < -0.4 is 16.0 Å². The van der Waals surface area contributed by atoms with Gasteiger partial charge in [0.15, 0.2) is 6.23 Å². The zero-order valence-corrected chi connectivity index (χ0v) is 14.9. The third-order valence-electron chi connectivity index (χ3n) is 4.26. The van der Waals surface area contributed by atoms with E-state index in [1.54, 1.807) is 35.9 Å². The fraction of sp³-hybridized carbons (Fsp3) is 0.200. The summed E-state index contributed by atoms with van der Waals surface area (Å²) in [6, 6.07) is 15.6. The van der Waals surface area contributed by atoms with E-state index in [-0.39, 0.29) is 5.56 Å². The van der Waals surface area contributed by atoms with Crippen molar-refractivity contribution in [2.75, 3.05) is 0 Å². The molecular weight excluding hydrogens is 346 g/mol. The normalized spacial score (nSPS) is 11.9. The van der Waals surface area contributed by atoms with Crippen molar-refractivity contribution in [2.45, 2.75) is 26.1 Å². The highest BCUT2D eigenvalue weighted by atomic mass is 16.6. The Labute approximate surface area is 156 Å². The lowest BCUT2D eigenvalue weighted by Gasteiger charge is -2.24. The van der Waals surface area contributed by atoms with Gasteiger partial charge in [-0.05, 0) is 35.2 Å². The summed E-state index contributed by atoms with van der Waals surface area (Å²) in [5, 5.41) is 11.3. The number of urea groups is 1. The molecule has 0 spiro atoms. The summed E-state index contributed by atoms with van der Waals surface area (Å²) in [5.74, 6) is 0.426. The molecule has 1 aromatic heterocycles. The number of carbonyl (C=O) groups excluding carboxylic acids is 1. The molecule has 0 aliphatic heterocycles. The second kappa shape index (κ2) is 7.92. The minimum atomic E-state index is -0.994. The molecule has 7 heteroatoms. The zero-order valence-electron chi connectivity index (χ0n) is 14.9. The summed E-state index contributed by atoms with van der Waals surface area (Å²) >= 11 is 0. The molecule has 1 heterocycles. The van der Waals surface area contributed by atoms with Crippen LogP contribution in [0.4, 0.5) is 4.79 Å². The van der Waals surface area contributed by atoms with E-state index < -0.39 is 12.3 Å². The van der Waals surface area contributed by atoms with Gasteiger partial charge in [0.2, 0.25) is 0 Å². The number of primary amides is 1. The molecule has 0 aliphatic rings. The molecule has 2 amide bonds. The maximum atomic E-state index is 12.7. The zero-order chi connectivity index (χ0) is 19.4. The maximum Gasteiger partial charge on any atom is 0.341 e. The predicted octanol–water partition coefficient (Wildman–Crippen LogP) is 2.93. The van der Waals surface area contributed by atoms with Crippen molar-refractivity contribution in [1.82, 2.24) is 9.63 Å². The largest absolute Gasteiger partial charge is 0.468 e. The molecule has 0 saturated carbocycles. The summed E-state index contributed by atoms with van der Waals surface area (Å²) in [6.45, 7) is 2.24. The first-order valence-electron chi connectivity index (χ1n) is 8.61. The van der Waals surface area contributed by atoms with Gasteiger partial charge in [-0.1, -0.05) is 37.3 Å². The average molecular weight is 367 g/mol. The van der Waals surface area contributed by atoms with Crippen molar-refractivity contribution < 1.29 is 14.7 Å². The van der Waals surface area contributed by atoms with Gasteiger partial charge in [0.25, 0.3) is 5.56 Å². The van der Waals surface area contributed by atoms with Crippen molar-refractivity contribution >= 4 is 16.8 Å². The van der Waals surface area contributed by atoms with Crippen molar-refractivity contribution in [1.29, 1.82) is 0 Å². The summed E-state index contributed by atoms with van der Waals surface area (Å²) in [7, 11) is 0. The van der Waals surface area contributed by atoms with Gasteiger partial charge in [-0.3, -0.25) is 10.0 Å². The Morgan fingerprint density at radius 3 is 2.63 bits per heavy atom. The van der Waals surface area contributed by atoms with E-state index in [4.69, 9.17) is 10.5 Å². The number of nitrogens with two attached hydrogens (primary N) is 1. The van der Waals surface area contributed by atoms with Gasteiger partial charge >= 0.3 is 6.03 Å². The number of nitrogens with zero attached hydrogens (tertiary/aromatic N) is 2. The van der Waals surface area contributed by atoms with Crippen LogP contribution in [0.2, 0.25) is 0 Å². The number of ether oxygens (including phenoxy) is 1. The molecule has 0 fully saturated rings. The highest BCUT2D eigenvalue weighted by Gasteiger charge is 2.20. The molecule has 0 bridgehead atoms. The number of hydrogen-bond acceptors (Lipinski definition) is 4. The van der Waals surface area contributed by atoms with E-state index in [0.717, 1.165) is 5.56 Å². The van der Waals surface area contributed by atoms with Crippen molar-refractivity contribution in [3.63, 3.8) is 0 Å². The summed E-state index contributed by atoms with van der Waals surface area (Å²) in [6.07, 6.45) is 1.18. The number of rotatable bonds is 6. The topological polar surface area (TPSA) is 97.8 Å². The number of amides is 2. The number of carbonyl (C=O) groups is 1. The van der Waals surface area contributed by atoms with Gasteiger partial charge in [0, 0.05) is 18.0 Å². The lowest BCUT2D eigenvalue weighted by molar-refractivity contribution is -0.140. The van der Waals surface area contributed by atoms with Crippen molar-refractivity contribution in [2.24, 2.45) is 5.73 Å². The van der Waals surface area contributed by atoms with Crippen LogP contribution in [0.1, 0.15) is 18.9 Å². The van der Waals surface area contributed by atoms with E-state index in [9.17, 15) is 14.8 Å². The summed E-state index contributed by atoms with van der Waals surface area (Å²) in [4.78, 5) is 23.8. The van der Waals surface area contributed by atoms with E-state index in [0.29, 0.717) is 34.6 Å². The van der Waals surface area contributed by atoms with E-state index in [1.807, 2.05) is 36.4 Å². The molecule has 1 unspecified atom stereocenters. The van der Waals surface area contributed by atoms with Crippen LogP contribution in [0.15, 0.2) is 65.6 Å². The molecule has 1 atom stereocenters. The van der Waals surface area contributed by atoms with Crippen LogP contribution in [0.3, 0.4) is 0 Å². The van der Waals surface area contributed by atoms with Gasteiger partial charge in [0.05, 0.1) is 6.54 Å². The number of fused-ring (bicyclic) bond motifs is 1. The Hall–Kier alpha value is -3.32. The Bertz CT molecular complexity index is 1000. The van der Waals surface area contributed by atoms with Crippen molar-refractivity contribution in [3.8, 4) is 5.75 Å². The molecule has 7 nitrogen and oxygen atoms in total. The molecule has 0 saturated heterocycles. The van der Waals surface area contributed by atoms with Gasteiger partial charge in [-0.25, -0.2) is 4.79 Å². The van der Waals surface area contributed by atoms with Crippen LogP contribution in [0, 0.1) is 0 Å². The van der Waals surface area contributed by atoms with E-state index in [1.165, 1.54) is 0 Å². The Morgan fingerprint density at radius 1 is 1.22 bits per heavy atom. The second-order valence-corrected chi connectivity index (χ2v) is 6.15. The standard InChI is InChI=1S/C20H21N3O4/c1-2-18(23(26)20(21)25)27-16-8-9-17-15(12-16)10-11-22(19(17)24)13-14-6-4-3-5-7-14/h3-12,18,26H,2,13H2,1H3,(H2,21,25). The van der Waals surface area contributed by atoms with Crippen LogP contribution in [-0.4, -0.2) is 27.1 Å². The number of aromatic nitrogens is 1. The highest BCUT2D eigenvalue weighted by Crippen LogP contribution is 2.21. The molecule has 3 aromatic rings. The second-order valence-electron chi connectivity index (χ2n) is 6.15. The van der Waals surface area contributed by atoms with Crippen molar-refractivity contribution in [3.05, 3.63) is 76.7 Å². The molecular formula is C20H21N3O4. The number of hydrogen-bond donors (Lipinski definition) is 2. The molecule has 3 rings (SSSR count). The number of hydroxylamine groups is 2. The molecule has 0 aliphatic carbocycles. The average Bonchev–Trinajstić information content (AvgIpc) is 2.68. The Kier molecular flexibility index (Phi) is 5.42. The lowest BCUT2D eigenvalue weighted by atomic mass is 10.1. The highest BCUT2D eigenvalue weighted by molar-refractivity contribution is 5.82.